The minimum absolute atomic E-state index is 0.0438. The molecule has 0 saturated carbocycles. The zero-order valence-corrected chi connectivity index (χ0v) is 12.7. The van der Waals surface area contributed by atoms with Crippen molar-refractivity contribution in [3.05, 3.63) is 29.8 Å². The fourth-order valence-corrected chi connectivity index (χ4v) is 1.75. The SMILES string of the molecule is CCC(C)NC(=O)C(C)Nc1ccc(C(C)C)cc1. The van der Waals surface area contributed by atoms with Gasteiger partial charge in [0.2, 0.25) is 5.91 Å². The molecule has 2 atom stereocenters. The highest BCUT2D eigenvalue weighted by molar-refractivity contribution is 5.84. The summed E-state index contributed by atoms with van der Waals surface area (Å²) in [7, 11) is 0. The van der Waals surface area contributed by atoms with Gasteiger partial charge in [0.05, 0.1) is 0 Å². The Morgan fingerprint density at radius 2 is 1.68 bits per heavy atom. The van der Waals surface area contributed by atoms with Gasteiger partial charge in [-0.25, -0.2) is 0 Å². The number of carbonyl (C=O) groups excluding carboxylic acids is 1. The summed E-state index contributed by atoms with van der Waals surface area (Å²) in [6, 6.07) is 8.27. The van der Waals surface area contributed by atoms with Gasteiger partial charge in [0, 0.05) is 11.7 Å². The monoisotopic (exact) mass is 262 g/mol. The maximum Gasteiger partial charge on any atom is 0.242 e. The summed E-state index contributed by atoms with van der Waals surface area (Å²) < 4.78 is 0. The standard InChI is InChI=1S/C16H26N2O/c1-6-12(4)17-16(19)13(5)18-15-9-7-14(8-10-15)11(2)3/h7-13,18H,6H2,1-5H3,(H,17,19). The van der Waals surface area contributed by atoms with E-state index in [2.05, 4.69) is 43.5 Å². The van der Waals surface area contributed by atoms with Crippen molar-refractivity contribution >= 4 is 11.6 Å². The van der Waals surface area contributed by atoms with E-state index in [-0.39, 0.29) is 18.0 Å². The lowest BCUT2D eigenvalue weighted by molar-refractivity contribution is -0.122. The van der Waals surface area contributed by atoms with Crippen molar-refractivity contribution in [1.29, 1.82) is 0 Å². The van der Waals surface area contributed by atoms with E-state index in [1.165, 1.54) is 5.56 Å². The quantitative estimate of drug-likeness (QED) is 0.823. The van der Waals surface area contributed by atoms with Crippen molar-refractivity contribution in [1.82, 2.24) is 5.32 Å². The van der Waals surface area contributed by atoms with E-state index >= 15 is 0 Å². The predicted molar refractivity (Wildman–Crippen MR) is 81.5 cm³/mol. The van der Waals surface area contributed by atoms with Gasteiger partial charge in [0.25, 0.3) is 0 Å². The van der Waals surface area contributed by atoms with Crippen LogP contribution in [-0.4, -0.2) is 18.0 Å². The van der Waals surface area contributed by atoms with E-state index in [4.69, 9.17) is 0 Å². The lowest BCUT2D eigenvalue weighted by Crippen LogP contribution is -2.41. The van der Waals surface area contributed by atoms with Crippen molar-refractivity contribution in [3.63, 3.8) is 0 Å². The van der Waals surface area contributed by atoms with E-state index < -0.39 is 0 Å². The van der Waals surface area contributed by atoms with Crippen LogP contribution in [0, 0.1) is 0 Å². The molecule has 0 aliphatic rings. The highest BCUT2D eigenvalue weighted by Gasteiger charge is 2.14. The first-order valence-electron chi connectivity index (χ1n) is 7.10. The molecule has 3 nitrogen and oxygen atoms in total. The molecule has 0 saturated heterocycles. The molecular formula is C16H26N2O. The van der Waals surface area contributed by atoms with Crippen LogP contribution in [0.5, 0.6) is 0 Å². The maximum atomic E-state index is 11.9. The van der Waals surface area contributed by atoms with Crippen molar-refractivity contribution in [2.24, 2.45) is 0 Å². The third kappa shape index (κ3) is 4.93. The lowest BCUT2D eigenvalue weighted by atomic mass is 10.0. The molecule has 106 valence electrons. The van der Waals surface area contributed by atoms with Crippen LogP contribution >= 0.6 is 0 Å². The fourth-order valence-electron chi connectivity index (χ4n) is 1.75. The molecule has 3 heteroatoms. The molecule has 1 aromatic rings. The Kier molecular flexibility index (Phi) is 5.87. The highest BCUT2D eigenvalue weighted by Crippen LogP contribution is 2.17. The predicted octanol–water partition coefficient (Wildman–Crippen LogP) is 3.53. The molecule has 1 rings (SSSR count). The summed E-state index contributed by atoms with van der Waals surface area (Å²) in [6.45, 7) is 10.3. The Morgan fingerprint density at radius 3 is 2.16 bits per heavy atom. The van der Waals surface area contributed by atoms with Crippen molar-refractivity contribution in [2.45, 2.75) is 59.0 Å². The summed E-state index contributed by atoms with van der Waals surface area (Å²) in [5.74, 6) is 0.572. The van der Waals surface area contributed by atoms with Gasteiger partial charge in [-0.3, -0.25) is 4.79 Å². The molecule has 2 N–H and O–H groups in total. The molecule has 0 fully saturated rings. The van der Waals surface area contributed by atoms with E-state index in [9.17, 15) is 4.79 Å². The molecule has 0 bridgehead atoms. The number of hydrogen-bond acceptors (Lipinski definition) is 2. The van der Waals surface area contributed by atoms with Crippen LogP contribution in [0.1, 0.15) is 52.5 Å². The lowest BCUT2D eigenvalue weighted by Gasteiger charge is -2.18. The zero-order chi connectivity index (χ0) is 14.4. The number of benzene rings is 1. The zero-order valence-electron chi connectivity index (χ0n) is 12.7. The first-order valence-corrected chi connectivity index (χ1v) is 7.10. The number of hydrogen-bond donors (Lipinski definition) is 2. The number of carbonyl (C=O) groups is 1. The second kappa shape index (κ2) is 7.17. The summed E-state index contributed by atoms with van der Waals surface area (Å²) in [6.07, 6.45) is 0.946. The Balaban J connectivity index is 2.56. The van der Waals surface area contributed by atoms with Gasteiger partial charge in [0.15, 0.2) is 0 Å². The van der Waals surface area contributed by atoms with Crippen molar-refractivity contribution < 1.29 is 4.79 Å². The van der Waals surface area contributed by atoms with E-state index in [0.29, 0.717) is 5.92 Å². The molecule has 0 aliphatic carbocycles. The molecule has 0 aromatic heterocycles. The van der Waals surface area contributed by atoms with Gasteiger partial charge >= 0.3 is 0 Å². The molecule has 0 heterocycles. The van der Waals surface area contributed by atoms with Crippen LogP contribution in [-0.2, 0) is 4.79 Å². The van der Waals surface area contributed by atoms with Crippen LogP contribution in [0.25, 0.3) is 0 Å². The third-order valence-electron chi connectivity index (χ3n) is 3.35. The van der Waals surface area contributed by atoms with Gasteiger partial charge in [-0.15, -0.1) is 0 Å². The molecule has 0 aliphatic heterocycles. The summed E-state index contributed by atoms with van der Waals surface area (Å²) in [5.41, 5.74) is 2.29. The first kappa shape index (κ1) is 15.5. The van der Waals surface area contributed by atoms with Crippen LogP contribution in [0.3, 0.4) is 0 Å². The Hall–Kier alpha value is -1.51. The number of amides is 1. The van der Waals surface area contributed by atoms with E-state index in [0.717, 1.165) is 12.1 Å². The van der Waals surface area contributed by atoms with Crippen LogP contribution in [0.15, 0.2) is 24.3 Å². The van der Waals surface area contributed by atoms with Crippen LogP contribution in [0.2, 0.25) is 0 Å². The number of rotatable bonds is 6. The second-order valence-corrected chi connectivity index (χ2v) is 5.46. The smallest absolute Gasteiger partial charge is 0.242 e. The Bertz CT molecular complexity index is 398. The first-order chi connectivity index (χ1) is 8.93. The van der Waals surface area contributed by atoms with E-state index in [1.807, 2.05) is 26.0 Å². The third-order valence-corrected chi connectivity index (χ3v) is 3.35. The van der Waals surface area contributed by atoms with Crippen molar-refractivity contribution in [2.75, 3.05) is 5.32 Å². The molecular weight excluding hydrogens is 236 g/mol. The maximum absolute atomic E-state index is 11.9. The second-order valence-electron chi connectivity index (χ2n) is 5.46. The molecule has 2 unspecified atom stereocenters. The topological polar surface area (TPSA) is 41.1 Å². The normalized spacial score (nSPS) is 14.0. The Labute approximate surface area is 116 Å². The minimum Gasteiger partial charge on any atom is -0.374 e. The van der Waals surface area contributed by atoms with Crippen LogP contribution < -0.4 is 10.6 Å². The van der Waals surface area contributed by atoms with Gasteiger partial charge in [-0.1, -0.05) is 32.9 Å². The average Bonchev–Trinajstić information content (AvgIpc) is 2.38. The Morgan fingerprint density at radius 1 is 1.11 bits per heavy atom. The minimum atomic E-state index is -0.223. The largest absolute Gasteiger partial charge is 0.374 e. The highest BCUT2D eigenvalue weighted by atomic mass is 16.2. The molecule has 19 heavy (non-hydrogen) atoms. The van der Waals surface area contributed by atoms with Gasteiger partial charge < -0.3 is 10.6 Å². The molecule has 1 amide bonds. The molecule has 0 radical (unpaired) electrons. The fraction of sp³-hybridized carbons (Fsp3) is 0.562. The summed E-state index contributed by atoms with van der Waals surface area (Å²) >= 11 is 0. The van der Waals surface area contributed by atoms with Crippen molar-refractivity contribution in [3.8, 4) is 0 Å². The molecule has 0 spiro atoms. The van der Waals surface area contributed by atoms with Crippen LogP contribution in [0.4, 0.5) is 5.69 Å². The average molecular weight is 262 g/mol. The van der Waals surface area contributed by atoms with Gasteiger partial charge in [0.1, 0.15) is 6.04 Å². The van der Waals surface area contributed by atoms with Gasteiger partial charge in [-0.2, -0.15) is 0 Å². The summed E-state index contributed by atoms with van der Waals surface area (Å²) in [5, 5.41) is 6.20. The number of nitrogens with one attached hydrogen (secondary N) is 2. The molecule has 1 aromatic carbocycles. The number of anilines is 1. The van der Waals surface area contributed by atoms with Gasteiger partial charge in [-0.05, 0) is 43.9 Å². The summed E-state index contributed by atoms with van der Waals surface area (Å²) in [4.78, 5) is 11.9. The van der Waals surface area contributed by atoms with E-state index in [1.54, 1.807) is 0 Å².